The Hall–Kier alpha value is -2.99. The average molecular weight is 356 g/mol. The molecular weight excluding hydrogens is 332 g/mol. The first-order valence-corrected chi connectivity index (χ1v) is 8.30. The van der Waals surface area contributed by atoms with Crippen LogP contribution in [0.3, 0.4) is 0 Å². The molecule has 0 bridgehead atoms. The van der Waals surface area contributed by atoms with E-state index in [0.717, 1.165) is 17.2 Å². The molecule has 1 amide bonds. The number of hydrogen-bond donors (Lipinski definition) is 2. The maximum atomic E-state index is 12.1. The van der Waals surface area contributed by atoms with Crippen LogP contribution in [0.15, 0.2) is 61.2 Å². The predicted octanol–water partition coefficient (Wildman–Crippen LogP) is 3.33. The zero-order valence-corrected chi connectivity index (χ0v) is 14.9. The molecule has 2 aromatic carbocycles. The lowest BCUT2D eigenvalue weighted by Gasteiger charge is -2.10. The summed E-state index contributed by atoms with van der Waals surface area (Å²) >= 11 is 0. The van der Waals surface area contributed by atoms with Gasteiger partial charge in [-0.05, 0) is 36.4 Å². The highest BCUT2D eigenvalue weighted by Gasteiger charge is 2.04. The van der Waals surface area contributed by atoms with Crippen LogP contribution in [0.4, 0.5) is 11.4 Å². The minimum absolute atomic E-state index is 0.143. The standard InChI is InChI=1S/C20H24N2O4/c1-3-11-25-18-9-7-16(8-10-18)22-20(23)15-21-17-5-4-6-19(14-17)26-13-12-24-2/h3-10,14,21H,1,11-13,15H2,2H3,(H,22,23). The lowest BCUT2D eigenvalue weighted by atomic mass is 10.3. The number of benzene rings is 2. The predicted molar refractivity (Wildman–Crippen MR) is 103 cm³/mol. The van der Waals surface area contributed by atoms with Crippen molar-refractivity contribution in [2.45, 2.75) is 0 Å². The van der Waals surface area contributed by atoms with Crippen LogP contribution >= 0.6 is 0 Å². The van der Waals surface area contributed by atoms with Crippen molar-refractivity contribution in [3.05, 3.63) is 61.2 Å². The Morgan fingerprint density at radius 3 is 2.58 bits per heavy atom. The van der Waals surface area contributed by atoms with Gasteiger partial charge in [-0.25, -0.2) is 0 Å². The molecular formula is C20H24N2O4. The van der Waals surface area contributed by atoms with Gasteiger partial charge >= 0.3 is 0 Å². The van der Waals surface area contributed by atoms with E-state index in [4.69, 9.17) is 14.2 Å². The Kier molecular flexibility index (Phi) is 8.02. The van der Waals surface area contributed by atoms with Gasteiger partial charge in [0.1, 0.15) is 24.7 Å². The van der Waals surface area contributed by atoms with E-state index < -0.39 is 0 Å². The quantitative estimate of drug-likeness (QED) is 0.477. The summed E-state index contributed by atoms with van der Waals surface area (Å²) in [6.45, 7) is 5.20. The van der Waals surface area contributed by atoms with E-state index in [9.17, 15) is 4.79 Å². The van der Waals surface area contributed by atoms with Crippen molar-refractivity contribution in [1.82, 2.24) is 0 Å². The molecule has 0 aromatic heterocycles. The average Bonchev–Trinajstić information content (AvgIpc) is 2.66. The zero-order valence-electron chi connectivity index (χ0n) is 14.9. The summed E-state index contributed by atoms with van der Waals surface area (Å²) in [7, 11) is 1.63. The molecule has 0 radical (unpaired) electrons. The van der Waals surface area contributed by atoms with Gasteiger partial charge < -0.3 is 24.8 Å². The molecule has 6 nitrogen and oxygen atoms in total. The van der Waals surface area contributed by atoms with Crippen molar-refractivity contribution in [1.29, 1.82) is 0 Å². The molecule has 0 atom stereocenters. The van der Waals surface area contributed by atoms with Gasteiger partial charge in [0.15, 0.2) is 0 Å². The molecule has 2 N–H and O–H groups in total. The molecule has 6 heteroatoms. The van der Waals surface area contributed by atoms with E-state index in [1.54, 1.807) is 37.5 Å². The van der Waals surface area contributed by atoms with Crippen molar-refractivity contribution in [3.8, 4) is 11.5 Å². The van der Waals surface area contributed by atoms with Gasteiger partial charge in [0.2, 0.25) is 5.91 Å². The Labute approximate surface area is 153 Å². The molecule has 0 unspecified atom stereocenters. The summed E-state index contributed by atoms with van der Waals surface area (Å²) < 4.78 is 15.9. The van der Waals surface area contributed by atoms with Gasteiger partial charge in [-0.3, -0.25) is 4.79 Å². The summed E-state index contributed by atoms with van der Waals surface area (Å²) in [5.74, 6) is 1.31. The third-order valence-corrected chi connectivity index (χ3v) is 3.35. The summed E-state index contributed by atoms with van der Waals surface area (Å²) in [5.41, 5.74) is 1.52. The van der Waals surface area contributed by atoms with Crippen molar-refractivity contribution in [2.24, 2.45) is 0 Å². The normalized spacial score (nSPS) is 10.0. The zero-order chi connectivity index (χ0) is 18.6. The number of anilines is 2. The fourth-order valence-corrected chi connectivity index (χ4v) is 2.12. The molecule has 0 aliphatic rings. The first-order valence-electron chi connectivity index (χ1n) is 8.30. The first kappa shape index (κ1) is 19.3. The molecule has 0 heterocycles. The molecule has 0 spiro atoms. The topological polar surface area (TPSA) is 68.8 Å². The monoisotopic (exact) mass is 356 g/mol. The second-order valence-electron chi connectivity index (χ2n) is 5.39. The number of methoxy groups -OCH3 is 1. The second kappa shape index (κ2) is 10.8. The third kappa shape index (κ3) is 6.86. The fraction of sp³-hybridized carbons (Fsp3) is 0.250. The number of hydrogen-bond acceptors (Lipinski definition) is 5. The summed E-state index contributed by atoms with van der Waals surface area (Å²) in [5, 5.41) is 5.90. The van der Waals surface area contributed by atoms with Crippen molar-refractivity contribution in [3.63, 3.8) is 0 Å². The summed E-state index contributed by atoms with van der Waals surface area (Å²) in [4.78, 5) is 12.1. The molecule has 26 heavy (non-hydrogen) atoms. The maximum absolute atomic E-state index is 12.1. The Morgan fingerprint density at radius 2 is 1.85 bits per heavy atom. The molecule has 0 fully saturated rings. The van der Waals surface area contributed by atoms with E-state index in [1.807, 2.05) is 24.3 Å². The van der Waals surface area contributed by atoms with Crippen molar-refractivity contribution in [2.75, 3.05) is 44.1 Å². The van der Waals surface area contributed by atoms with E-state index in [2.05, 4.69) is 17.2 Å². The number of rotatable bonds is 11. The fourth-order valence-electron chi connectivity index (χ4n) is 2.12. The van der Waals surface area contributed by atoms with E-state index in [1.165, 1.54) is 0 Å². The lowest BCUT2D eigenvalue weighted by Crippen LogP contribution is -2.21. The van der Waals surface area contributed by atoms with E-state index in [-0.39, 0.29) is 12.5 Å². The van der Waals surface area contributed by atoms with E-state index in [0.29, 0.717) is 25.5 Å². The second-order valence-corrected chi connectivity index (χ2v) is 5.39. The van der Waals surface area contributed by atoms with Crippen LogP contribution < -0.4 is 20.1 Å². The minimum Gasteiger partial charge on any atom is -0.491 e. The molecule has 0 aliphatic carbocycles. The van der Waals surface area contributed by atoms with Crippen LogP contribution in [0.1, 0.15) is 0 Å². The van der Waals surface area contributed by atoms with Gasteiger partial charge in [-0.2, -0.15) is 0 Å². The highest BCUT2D eigenvalue weighted by molar-refractivity contribution is 5.93. The molecule has 0 aliphatic heterocycles. The van der Waals surface area contributed by atoms with Gasteiger partial charge in [-0.15, -0.1) is 0 Å². The van der Waals surface area contributed by atoms with Gasteiger partial charge in [0, 0.05) is 24.6 Å². The largest absolute Gasteiger partial charge is 0.491 e. The molecule has 2 rings (SSSR count). The molecule has 0 saturated heterocycles. The number of carbonyl (C=O) groups is 1. The minimum atomic E-state index is -0.143. The van der Waals surface area contributed by atoms with Crippen LogP contribution in [0.2, 0.25) is 0 Å². The van der Waals surface area contributed by atoms with Gasteiger partial charge in [0.25, 0.3) is 0 Å². The number of carbonyl (C=O) groups excluding carboxylic acids is 1. The lowest BCUT2D eigenvalue weighted by molar-refractivity contribution is -0.114. The maximum Gasteiger partial charge on any atom is 0.243 e. The first-order chi connectivity index (χ1) is 12.7. The van der Waals surface area contributed by atoms with E-state index >= 15 is 0 Å². The van der Waals surface area contributed by atoms with Crippen molar-refractivity contribution < 1.29 is 19.0 Å². The SMILES string of the molecule is C=CCOc1ccc(NC(=O)CNc2cccc(OCCOC)c2)cc1. The smallest absolute Gasteiger partial charge is 0.243 e. The highest BCUT2D eigenvalue weighted by Crippen LogP contribution is 2.18. The Bertz CT molecular complexity index is 701. The third-order valence-electron chi connectivity index (χ3n) is 3.35. The van der Waals surface area contributed by atoms with Gasteiger partial charge in [-0.1, -0.05) is 18.7 Å². The van der Waals surface area contributed by atoms with Gasteiger partial charge in [0.05, 0.1) is 13.2 Å². The van der Waals surface area contributed by atoms with Crippen LogP contribution in [-0.2, 0) is 9.53 Å². The molecule has 138 valence electrons. The number of amides is 1. The Morgan fingerprint density at radius 1 is 1.04 bits per heavy atom. The van der Waals surface area contributed by atoms with Crippen LogP contribution in [0.5, 0.6) is 11.5 Å². The highest BCUT2D eigenvalue weighted by atomic mass is 16.5. The molecule has 2 aromatic rings. The summed E-state index contributed by atoms with van der Waals surface area (Å²) in [6.07, 6.45) is 1.68. The number of nitrogens with one attached hydrogen (secondary N) is 2. The van der Waals surface area contributed by atoms with Crippen molar-refractivity contribution >= 4 is 17.3 Å². The van der Waals surface area contributed by atoms with Crippen LogP contribution in [-0.4, -0.2) is 39.4 Å². The molecule has 0 saturated carbocycles. The Balaban J connectivity index is 1.79. The van der Waals surface area contributed by atoms with Crippen LogP contribution in [0.25, 0.3) is 0 Å². The number of ether oxygens (including phenoxy) is 3. The summed E-state index contributed by atoms with van der Waals surface area (Å²) in [6, 6.07) is 14.6. The van der Waals surface area contributed by atoms with Crippen LogP contribution in [0, 0.1) is 0 Å².